The first kappa shape index (κ1) is 42.3. The van der Waals surface area contributed by atoms with E-state index in [-0.39, 0.29) is 53.0 Å². The van der Waals surface area contributed by atoms with Crippen LogP contribution in [-0.4, -0.2) is 99.3 Å². The lowest BCUT2D eigenvalue weighted by atomic mass is 9.72. The number of piperazine rings is 1. The molecular weight excluding hydrogens is 822 g/mol. The fourth-order valence-corrected chi connectivity index (χ4v) is 10.6. The molecule has 61 heavy (non-hydrogen) atoms. The van der Waals surface area contributed by atoms with Crippen LogP contribution in [0.2, 0.25) is 5.02 Å². The number of carbonyl (C=O) groups excluding carboxylic acids is 1. The number of nitrogens with one attached hydrogen (secondary N) is 2. The average Bonchev–Trinajstić information content (AvgIpc) is 3.72. The van der Waals surface area contributed by atoms with Crippen molar-refractivity contribution in [2.75, 3.05) is 64.4 Å². The molecule has 1 atom stereocenters. The second-order valence-electron chi connectivity index (χ2n) is 16.6. The molecule has 2 saturated heterocycles. The maximum atomic E-state index is 15.3. The van der Waals surface area contributed by atoms with E-state index in [2.05, 4.69) is 46.2 Å². The van der Waals surface area contributed by atoms with Gasteiger partial charge in [0.05, 0.1) is 42.6 Å². The number of H-pyrrole nitrogens is 1. The summed E-state index contributed by atoms with van der Waals surface area (Å²) in [5.41, 5.74) is 10.4. The number of nitrogens with two attached hydrogens (primary N) is 1. The molecule has 15 nitrogen and oxygen atoms in total. The van der Waals surface area contributed by atoms with Crippen molar-refractivity contribution >= 4 is 61.2 Å². The van der Waals surface area contributed by atoms with Crippen LogP contribution in [-0.2, 0) is 19.5 Å². The van der Waals surface area contributed by atoms with Crippen molar-refractivity contribution in [1.82, 2.24) is 18.8 Å². The zero-order valence-corrected chi connectivity index (χ0v) is 35.6. The Morgan fingerprint density at radius 2 is 1.89 bits per heavy atom. The second-order valence-corrected chi connectivity index (χ2v) is 19.2. The van der Waals surface area contributed by atoms with Gasteiger partial charge in [0.1, 0.15) is 40.8 Å². The number of nitrogens with zero attached hydrogens (tertiary/aromatic N) is 4. The number of rotatable bonds is 13. The highest BCUT2D eigenvalue weighted by Gasteiger charge is 2.49. The number of quaternary nitrogens is 1. The van der Waals surface area contributed by atoms with Gasteiger partial charge in [-0.05, 0) is 78.3 Å². The van der Waals surface area contributed by atoms with E-state index in [0.717, 1.165) is 36.3 Å². The summed E-state index contributed by atoms with van der Waals surface area (Å²) >= 11 is 6.27. The minimum atomic E-state index is -4.44. The molecule has 0 spiro atoms. The van der Waals surface area contributed by atoms with Crippen molar-refractivity contribution in [3.63, 3.8) is 0 Å². The predicted molar refractivity (Wildman–Crippen MR) is 234 cm³/mol. The van der Waals surface area contributed by atoms with Crippen molar-refractivity contribution in [2.45, 2.75) is 44.1 Å². The molecule has 2 aromatic heterocycles. The number of benzene rings is 3. The number of anilines is 1. The van der Waals surface area contributed by atoms with Gasteiger partial charge in [-0.2, -0.15) is 12.3 Å². The van der Waals surface area contributed by atoms with Crippen LogP contribution in [0.3, 0.4) is 0 Å². The van der Waals surface area contributed by atoms with Gasteiger partial charge >= 0.3 is 10.0 Å². The Morgan fingerprint density at radius 3 is 2.61 bits per heavy atom. The summed E-state index contributed by atoms with van der Waals surface area (Å²) in [6.07, 6.45) is 5.75. The van der Waals surface area contributed by atoms with Crippen LogP contribution in [0.5, 0.6) is 11.5 Å². The van der Waals surface area contributed by atoms with Gasteiger partial charge in [-0.25, -0.2) is 4.98 Å². The van der Waals surface area contributed by atoms with Crippen molar-refractivity contribution in [3.05, 3.63) is 117 Å². The van der Waals surface area contributed by atoms with Crippen molar-refractivity contribution in [2.24, 2.45) is 11.1 Å². The molecule has 0 bridgehead atoms. The van der Waals surface area contributed by atoms with Gasteiger partial charge in [-0.3, -0.25) is 19.8 Å². The molecule has 1 amide bonds. The number of allylic oxidation sites excluding steroid dienone is 1. The maximum Gasteiger partial charge on any atom is 0.332 e. The largest absolute Gasteiger partial charge is 0.455 e. The van der Waals surface area contributed by atoms with Gasteiger partial charge in [0.25, 0.3) is 11.6 Å². The molecule has 1 unspecified atom stereocenters. The maximum absolute atomic E-state index is 15.3. The number of ether oxygens (including phenoxy) is 3. The first-order valence-corrected chi connectivity index (χ1v) is 22.1. The summed E-state index contributed by atoms with van der Waals surface area (Å²) in [7, 11) is -4.44. The number of primary amides is 1. The van der Waals surface area contributed by atoms with E-state index in [1.807, 2.05) is 18.2 Å². The summed E-state index contributed by atoms with van der Waals surface area (Å²) in [5.74, 6) is -0.394. The summed E-state index contributed by atoms with van der Waals surface area (Å²) in [6.45, 7) is 7.61. The molecule has 0 saturated carbocycles. The smallest absolute Gasteiger partial charge is 0.332 e. The van der Waals surface area contributed by atoms with E-state index in [1.54, 1.807) is 18.3 Å². The van der Waals surface area contributed by atoms with Crippen LogP contribution >= 0.6 is 11.6 Å². The molecule has 3 aromatic carbocycles. The molecule has 320 valence electrons. The number of pyridine rings is 1. The summed E-state index contributed by atoms with van der Waals surface area (Å²) < 4.78 is 47.5. The Hall–Kier alpha value is -5.36. The number of aromatic nitrogens is 2. The number of halogens is 1. The number of aromatic amines is 1. The number of fused-ring (bicyclic) bond motifs is 1. The Kier molecular flexibility index (Phi) is 11.9. The van der Waals surface area contributed by atoms with Crippen LogP contribution in [0.15, 0.2) is 95.7 Å². The highest BCUT2D eigenvalue weighted by molar-refractivity contribution is 7.91. The number of sulfonamides is 1. The lowest BCUT2D eigenvalue weighted by Crippen LogP contribution is -2.63. The van der Waals surface area contributed by atoms with Crippen molar-refractivity contribution in [1.29, 1.82) is 0 Å². The lowest BCUT2D eigenvalue weighted by molar-refractivity contribution is -0.384. The molecule has 5 aromatic rings. The van der Waals surface area contributed by atoms with Gasteiger partial charge in [0.2, 0.25) is 0 Å². The van der Waals surface area contributed by atoms with Crippen LogP contribution in [0.1, 0.15) is 49.0 Å². The summed E-state index contributed by atoms with van der Waals surface area (Å²) in [4.78, 5) is 34.2. The molecule has 4 heterocycles. The van der Waals surface area contributed by atoms with E-state index < -0.39 is 30.4 Å². The van der Waals surface area contributed by atoms with Crippen LogP contribution in [0, 0.1) is 15.5 Å². The number of nitro benzene ring substituents is 1. The second kappa shape index (κ2) is 17.2. The van der Waals surface area contributed by atoms with Gasteiger partial charge in [0, 0.05) is 61.0 Å². The van der Waals surface area contributed by atoms with Crippen molar-refractivity contribution in [3.8, 4) is 11.5 Å². The number of hydrogen-bond donors (Lipinski definition) is 3. The lowest BCUT2D eigenvalue weighted by Gasteiger charge is -2.43. The number of carbonyl (C=O) groups is 1. The first-order valence-electron chi connectivity index (χ1n) is 20.3. The molecule has 3 aliphatic rings. The number of hydrogen-bond acceptors (Lipinski definition) is 11. The van der Waals surface area contributed by atoms with E-state index in [4.69, 9.17) is 31.5 Å². The van der Waals surface area contributed by atoms with Crippen LogP contribution in [0.4, 0.5) is 17.1 Å². The van der Waals surface area contributed by atoms with Gasteiger partial charge in [0.15, 0.2) is 5.69 Å². The minimum absolute atomic E-state index is 0.0485. The predicted octanol–water partition coefficient (Wildman–Crippen LogP) is 7.52. The molecule has 4 N–H and O–H groups in total. The fraction of sp³-hybridized carbons (Fsp3) is 0.364. The monoisotopic (exact) mass is 870 g/mol. The van der Waals surface area contributed by atoms with Gasteiger partial charge < -0.3 is 30.2 Å². The third-order valence-corrected chi connectivity index (χ3v) is 14.6. The van der Waals surface area contributed by atoms with E-state index in [9.17, 15) is 14.9 Å². The minimum Gasteiger partial charge on any atom is -0.455 e. The SMILES string of the molecule is CC1(C)CCC(CN2CC[N+](c3ccc(C(N)=O)c(Oc4cnc5[nH]ccc5c4)c3)(S(=O)(=O)c3ccc(NCC4COCCO4)c([N+](=O)[O-])c3)CC2)=C(c2ccc(Cl)cc2)C1. The zero-order chi connectivity index (χ0) is 42.9. The zero-order valence-electron chi connectivity index (χ0n) is 34.1. The fourth-order valence-electron chi connectivity index (χ4n) is 8.57. The quantitative estimate of drug-likeness (QED) is 0.0603. The van der Waals surface area contributed by atoms with Crippen LogP contribution < -0.4 is 19.7 Å². The molecule has 2 fully saturated rings. The van der Waals surface area contributed by atoms with Gasteiger partial charge in [-0.1, -0.05) is 43.2 Å². The summed E-state index contributed by atoms with van der Waals surface area (Å²) in [6, 6.07) is 20.0. The third-order valence-electron chi connectivity index (χ3n) is 12.0. The average molecular weight is 871 g/mol. The van der Waals surface area contributed by atoms with Crippen LogP contribution in [0.25, 0.3) is 16.6 Å². The standard InChI is InChI=1S/C44H48ClN7O8S/c1-44(2)13-11-31(38(24-44)29-3-5-32(45)6-4-29)27-50-15-17-52(18-16-50,33-7-9-37(42(46)53)41(22-33)60-34-21-30-12-14-47-43(30)49-25-34)61(56,57)36-8-10-39(40(23-36)51(54)55)48-26-35-28-58-19-20-59-35/h3-10,12,14,21-23,25,35,48H,11,13,15-20,24,26-28H2,1-2H3,(H2-,46,47,49,53)/p+1. The normalized spacial score (nSPS) is 19.4. The Bertz CT molecular complexity index is 2600. The highest BCUT2D eigenvalue weighted by atomic mass is 35.5. The molecular formula is C44H49ClN7O8S+. The van der Waals surface area contributed by atoms with Crippen molar-refractivity contribution < 1.29 is 32.3 Å². The Labute approximate surface area is 359 Å². The topological polar surface area (TPSA) is 192 Å². The highest BCUT2D eigenvalue weighted by Crippen LogP contribution is 2.45. The van der Waals surface area contributed by atoms with E-state index in [0.29, 0.717) is 61.6 Å². The summed E-state index contributed by atoms with van der Waals surface area (Å²) in [5, 5.41) is 17.0. The number of nitro groups is 1. The Morgan fingerprint density at radius 1 is 1.10 bits per heavy atom. The third kappa shape index (κ3) is 8.87. The molecule has 0 radical (unpaired) electrons. The Balaban J connectivity index is 1.16. The number of amides is 1. The molecule has 8 rings (SSSR count). The van der Waals surface area contributed by atoms with Gasteiger partial charge in [-0.15, -0.1) is 0 Å². The molecule has 2 aliphatic heterocycles. The van der Waals surface area contributed by atoms with E-state index in [1.165, 1.54) is 41.6 Å². The van der Waals surface area contributed by atoms with E-state index >= 15 is 8.42 Å². The molecule has 17 heteroatoms. The molecule has 1 aliphatic carbocycles. The first-order chi connectivity index (χ1) is 29.2.